The van der Waals surface area contributed by atoms with E-state index in [9.17, 15) is 13.2 Å². The van der Waals surface area contributed by atoms with Gasteiger partial charge < -0.3 is 15.8 Å². The molecule has 0 saturated heterocycles. The minimum atomic E-state index is -4.28. The van der Waals surface area contributed by atoms with Crippen molar-refractivity contribution in [3.05, 3.63) is 0 Å². The van der Waals surface area contributed by atoms with Crippen LogP contribution in [0, 0.1) is 0 Å². The number of anilines is 2. The number of nitrogens with zero attached hydrogens (tertiary/aromatic N) is 1. The van der Waals surface area contributed by atoms with Gasteiger partial charge in [0.1, 0.15) is 6.54 Å². The van der Waals surface area contributed by atoms with Crippen molar-refractivity contribution in [3.8, 4) is 5.75 Å². The first kappa shape index (κ1) is 12.9. The van der Waals surface area contributed by atoms with Crippen LogP contribution >= 0.6 is 11.5 Å². The van der Waals surface area contributed by atoms with Crippen LogP contribution in [-0.4, -0.2) is 23.2 Å². The molecule has 1 aromatic heterocycles. The molecular formula is C8H12F3N3OS. The number of halogens is 3. The van der Waals surface area contributed by atoms with Gasteiger partial charge in [-0.05, 0) is 25.4 Å². The van der Waals surface area contributed by atoms with Crippen molar-refractivity contribution in [1.82, 2.24) is 4.37 Å². The first-order chi connectivity index (χ1) is 7.29. The number of nitrogens with two attached hydrogens (primary N) is 1. The van der Waals surface area contributed by atoms with Gasteiger partial charge in [-0.25, -0.2) is 0 Å². The number of hydrogen-bond donors (Lipinski definition) is 2. The SMILES string of the molecule is CC(C)Oc1c(N)nsc1NCC(F)(F)F. The lowest BCUT2D eigenvalue weighted by atomic mass is 10.4. The van der Waals surface area contributed by atoms with Gasteiger partial charge in [0.15, 0.2) is 16.6 Å². The number of alkyl halides is 3. The second-order valence-corrected chi connectivity index (χ2v) is 4.13. The first-order valence-electron chi connectivity index (χ1n) is 4.52. The van der Waals surface area contributed by atoms with Crippen molar-refractivity contribution in [2.24, 2.45) is 0 Å². The molecule has 1 rings (SSSR count). The Labute approximate surface area is 94.8 Å². The predicted molar refractivity (Wildman–Crippen MR) is 56.8 cm³/mol. The molecule has 0 aromatic carbocycles. The molecule has 3 N–H and O–H groups in total. The van der Waals surface area contributed by atoms with E-state index in [1.54, 1.807) is 13.8 Å². The molecule has 92 valence electrons. The fourth-order valence-electron chi connectivity index (χ4n) is 0.937. The van der Waals surface area contributed by atoms with E-state index in [4.69, 9.17) is 10.5 Å². The lowest BCUT2D eigenvalue weighted by Crippen LogP contribution is -2.21. The molecule has 8 heteroatoms. The zero-order valence-electron chi connectivity index (χ0n) is 8.76. The summed E-state index contributed by atoms with van der Waals surface area (Å²) in [6, 6.07) is 0. The van der Waals surface area contributed by atoms with Gasteiger partial charge in [-0.3, -0.25) is 0 Å². The highest BCUT2D eigenvalue weighted by Crippen LogP contribution is 2.36. The molecule has 0 aliphatic rings. The van der Waals surface area contributed by atoms with E-state index < -0.39 is 12.7 Å². The Balaban J connectivity index is 2.73. The third-order valence-corrected chi connectivity index (χ3v) is 2.28. The van der Waals surface area contributed by atoms with Gasteiger partial charge in [-0.2, -0.15) is 17.5 Å². The molecule has 16 heavy (non-hydrogen) atoms. The maximum Gasteiger partial charge on any atom is 0.405 e. The molecule has 0 atom stereocenters. The maximum atomic E-state index is 12.0. The van der Waals surface area contributed by atoms with E-state index >= 15 is 0 Å². The Morgan fingerprint density at radius 3 is 2.62 bits per heavy atom. The second-order valence-electron chi connectivity index (χ2n) is 3.36. The highest BCUT2D eigenvalue weighted by molar-refractivity contribution is 7.11. The van der Waals surface area contributed by atoms with Gasteiger partial charge >= 0.3 is 6.18 Å². The van der Waals surface area contributed by atoms with E-state index in [0.717, 1.165) is 11.5 Å². The van der Waals surface area contributed by atoms with Crippen LogP contribution in [0.1, 0.15) is 13.8 Å². The molecule has 0 radical (unpaired) electrons. The van der Waals surface area contributed by atoms with Gasteiger partial charge in [-0.1, -0.05) is 0 Å². The predicted octanol–water partition coefficient (Wildman–Crippen LogP) is 2.49. The van der Waals surface area contributed by atoms with Crippen LogP contribution in [0.3, 0.4) is 0 Å². The Bertz CT molecular complexity index is 351. The minimum Gasteiger partial charge on any atom is -0.484 e. The van der Waals surface area contributed by atoms with Crippen LogP contribution in [0.25, 0.3) is 0 Å². The number of hydrogen-bond acceptors (Lipinski definition) is 5. The summed E-state index contributed by atoms with van der Waals surface area (Å²) >= 11 is 0.848. The van der Waals surface area contributed by atoms with Gasteiger partial charge in [0.25, 0.3) is 0 Å². The normalized spacial score (nSPS) is 11.9. The second kappa shape index (κ2) is 4.77. The molecular weight excluding hydrogens is 243 g/mol. The summed E-state index contributed by atoms with van der Waals surface area (Å²) in [5.41, 5.74) is 5.48. The smallest absolute Gasteiger partial charge is 0.405 e. The van der Waals surface area contributed by atoms with Crippen LogP contribution < -0.4 is 15.8 Å². The zero-order valence-corrected chi connectivity index (χ0v) is 9.58. The zero-order chi connectivity index (χ0) is 12.3. The van der Waals surface area contributed by atoms with Crippen molar-refractivity contribution in [2.75, 3.05) is 17.6 Å². The largest absolute Gasteiger partial charge is 0.484 e. The standard InChI is InChI=1S/C8H12F3N3OS/c1-4(2)15-5-6(12)14-16-7(5)13-3-8(9,10)11/h4,13H,3H2,1-2H3,(H2,12,14). The van der Waals surface area contributed by atoms with Crippen LogP contribution in [0.4, 0.5) is 24.0 Å². The third-order valence-electron chi connectivity index (χ3n) is 1.48. The van der Waals surface area contributed by atoms with Crippen molar-refractivity contribution in [3.63, 3.8) is 0 Å². The van der Waals surface area contributed by atoms with Crippen LogP contribution in [0.15, 0.2) is 0 Å². The molecule has 0 unspecified atom stereocenters. The van der Waals surface area contributed by atoms with E-state index in [0.29, 0.717) is 0 Å². The molecule has 0 amide bonds. The van der Waals surface area contributed by atoms with Gasteiger partial charge in [0.05, 0.1) is 6.10 Å². The minimum absolute atomic E-state index is 0.100. The summed E-state index contributed by atoms with van der Waals surface area (Å²) in [7, 11) is 0. The monoisotopic (exact) mass is 255 g/mol. The van der Waals surface area contributed by atoms with Gasteiger partial charge in [-0.15, -0.1) is 0 Å². The van der Waals surface area contributed by atoms with E-state index in [1.165, 1.54) is 0 Å². The molecule has 0 aliphatic carbocycles. The number of nitrogens with one attached hydrogen (secondary N) is 1. The van der Waals surface area contributed by atoms with E-state index in [1.807, 2.05) is 0 Å². The van der Waals surface area contributed by atoms with Crippen molar-refractivity contribution < 1.29 is 17.9 Å². The molecule has 1 heterocycles. The maximum absolute atomic E-state index is 12.0. The summed E-state index contributed by atoms with van der Waals surface area (Å²) in [4.78, 5) is 0. The van der Waals surface area contributed by atoms with Crippen molar-refractivity contribution >= 4 is 22.4 Å². The molecule has 4 nitrogen and oxygen atoms in total. The molecule has 0 aliphatic heterocycles. The van der Waals surface area contributed by atoms with Crippen LogP contribution in [0.5, 0.6) is 5.75 Å². The van der Waals surface area contributed by atoms with Crippen molar-refractivity contribution in [1.29, 1.82) is 0 Å². The number of aromatic nitrogens is 1. The first-order valence-corrected chi connectivity index (χ1v) is 5.29. The fourth-order valence-corrected chi connectivity index (χ4v) is 1.58. The molecule has 0 spiro atoms. The number of ether oxygens (including phenoxy) is 1. The molecule has 0 fully saturated rings. The van der Waals surface area contributed by atoms with Gasteiger partial charge in [0, 0.05) is 0 Å². The Kier molecular flexibility index (Phi) is 3.84. The number of rotatable bonds is 4. The fraction of sp³-hybridized carbons (Fsp3) is 0.625. The molecule has 1 aromatic rings. The van der Waals surface area contributed by atoms with E-state index in [-0.39, 0.29) is 22.7 Å². The molecule has 0 saturated carbocycles. The lowest BCUT2D eigenvalue weighted by Gasteiger charge is -2.12. The Morgan fingerprint density at radius 1 is 1.50 bits per heavy atom. The highest BCUT2D eigenvalue weighted by Gasteiger charge is 2.28. The van der Waals surface area contributed by atoms with Gasteiger partial charge in [0.2, 0.25) is 0 Å². The summed E-state index contributed by atoms with van der Waals surface area (Å²) in [6.45, 7) is 2.37. The average molecular weight is 255 g/mol. The Morgan fingerprint density at radius 2 is 2.12 bits per heavy atom. The van der Waals surface area contributed by atoms with Crippen molar-refractivity contribution in [2.45, 2.75) is 26.1 Å². The average Bonchev–Trinajstić information content (AvgIpc) is 2.43. The van der Waals surface area contributed by atoms with Crippen LogP contribution in [0.2, 0.25) is 0 Å². The topological polar surface area (TPSA) is 60.2 Å². The summed E-state index contributed by atoms with van der Waals surface area (Å²) in [5, 5.41) is 2.40. The third kappa shape index (κ3) is 3.76. The molecule has 0 bridgehead atoms. The summed E-state index contributed by atoms with van der Waals surface area (Å²) < 4.78 is 45.0. The Hall–Kier alpha value is -1.18. The highest BCUT2D eigenvalue weighted by atomic mass is 32.1. The summed E-state index contributed by atoms with van der Waals surface area (Å²) in [5.74, 6) is 0.285. The summed E-state index contributed by atoms with van der Waals surface area (Å²) in [6.07, 6.45) is -4.46. The lowest BCUT2D eigenvalue weighted by molar-refractivity contribution is -0.115. The van der Waals surface area contributed by atoms with Crippen LogP contribution in [-0.2, 0) is 0 Å². The quantitative estimate of drug-likeness (QED) is 0.867. The number of nitrogen functional groups attached to an aromatic ring is 1. The van der Waals surface area contributed by atoms with E-state index in [2.05, 4.69) is 9.69 Å².